The maximum absolute atomic E-state index is 5.63. The Kier molecular flexibility index (Phi) is 2.46. The van der Waals surface area contributed by atoms with Gasteiger partial charge in [0.2, 0.25) is 0 Å². The normalized spacial score (nSPS) is 15.2. The van der Waals surface area contributed by atoms with Crippen LogP contribution in [0, 0.1) is 0 Å². The van der Waals surface area contributed by atoms with Crippen molar-refractivity contribution in [3.63, 3.8) is 0 Å². The fourth-order valence-electron chi connectivity index (χ4n) is 1.29. The van der Waals surface area contributed by atoms with Gasteiger partial charge >= 0.3 is 0 Å². The van der Waals surface area contributed by atoms with Gasteiger partial charge in [-0.05, 0) is 37.1 Å². The van der Waals surface area contributed by atoms with Crippen molar-refractivity contribution >= 4 is 0 Å². The number of hydrogen-bond donors (Lipinski definition) is 0. The highest BCUT2D eigenvalue weighted by molar-refractivity contribution is 5.27. The maximum Gasteiger partial charge on any atom is 0.127 e. The van der Waals surface area contributed by atoms with Crippen molar-refractivity contribution in [1.29, 1.82) is 0 Å². The van der Waals surface area contributed by atoms with Crippen LogP contribution in [0.1, 0.15) is 12.8 Å². The molecule has 1 aliphatic carbocycles. The Hall–Kier alpha value is -1.50. The fourth-order valence-corrected chi connectivity index (χ4v) is 1.29. The van der Waals surface area contributed by atoms with E-state index in [1.807, 2.05) is 36.4 Å². The van der Waals surface area contributed by atoms with Crippen molar-refractivity contribution in [2.75, 3.05) is 0 Å². The lowest BCUT2D eigenvalue weighted by atomic mass is 10.2. The summed E-state index contributed by atoms with van der Waals surface area (Å²) in [6.07, 6.45) is 8.49. The van der Waals surface area contributed by atoms with Crippen LogP contribution >= 0.6 is 0 Å². The van der Waals surface area contributed by atoms with E-state index in [0.29, 0.717) is 0 Å². The zero-order valence-electron chi connectivity index (χ0n) is 7.44. The van der Waals surface area contributed by atoms with Crippen LogP contribution in [0.5, 0.6) is 5.75 Å². The van der Waals surface area contributed by atoms with Crippen LogP contribution < -0.4 is 4.74 Å². The molecule has 0 amide bonds. The van der Waals surface area contributed by atoms with Crippen molar-refractivity contribution in [3.8, 4) is 5.75 Å². The molecule has 0 saturated heterocycles. The van der Waals surface area contributed by atoms with Gasteiger partial charge in [-0.1, -0.05) is 24.3 Å². The molecule has 13 heavy (non-hydrogen) atoms. The van der Waals surface area contributed by atoms with Crippen molar-refractivity contribution in [1.82, 2.24) is 0 Å². The number of benzene rings is 1. The molecule has 1 aliphatic rings. The summed E-state index contributed by atoms with van der Waals surface area (Å²) in [5.41, 5.74) is 0. The molecule has 0 aliphatic heterocycles. The van der Waals surface area contributed by atoms with Gasteiger partial charge in [0.1, 0.15) is 11.5 Å². The highest BCUT2D eigenvalue weighted by Crippen LogP contribution is 2.16. The second kappa shape index (κ2) is 3.94. The van der Waals surface area contributed by atoms with Gasteiger partial charge in [-0.25, -0.2) is 0 Å². The molecule has 0 radical (unpaired) electrons. The van der Waals surface area contributed by atoms with E-state index in [2.05, 4.69) is 12.2 Å². The summed E-state index contributed by atoms with van der Waals surface area (Å²) in [6.45, 7) is 0. The van der Waals surface area contributed by atoms with E-state index in [0.717, 1.165) is 24.4 Å². The van der Waals surface area contributed by atoms with Crippen LogP contribution in [0.3, 0.4) is 0 Å². The Morgan fingerprint density at radius 1 is 1.00 bits per heavy atom. The molecule has 1 aromatic carbocycles. The second-order valence-corrected chi connectivity index (χ2v) is 3.00. The summed E-state index contributed by atoms with van der Waals surface area (Å²) in [4.78, 5) is 0. The van der Waals surface area contributed by atoms with E-state index >= 15 is 0 Å². The third-order valence-corrected chi connectivity index (χ3v) is 1.94. The van der Waals surface area contributed by atoms with Gasteiger partial charge in [0, 0.05) is 0 Å². The predicted molar refractivity (Wildman–Crippen MR) is 53.5 cm³/mol. The first-order chi connectivity index (χ1) is 6.45. The predicted octanol–water partition coefficient (Wildman–Crippen LogP) is 3.30. The van der Waals surface area contributed by atoms with Gasteiger partial charge in [0.05, 0.1) is 0 Å². The maximum atomic E-state index is 5.63. The molecule has 1 nitrogen and oxygen atoms in total. The SMILES string of the molecule is C1=CC(Oc2ccccc2)=CCC1. The number of ether oxygens (including phenoxy) is 1. The average Bonchev–Trinajstić information content (AvgIpc) is 2.21. The standard InChI is InChI=1S/C12H12O/c1-3-7-11(8-4-1)13-12-9-5-2-6-10-12/h1,3-5,7-10H,2,6H2. The third-order valence-electron chi connectivity index (χ3n) is 1.94. The molecule has 0 bridgehead atoms. The minimum Gasteiger partial charge on any atom is -0.458 e. The van der Waals surface area contributed by atoms with Crippen molar-refractivity contribution in [3.05, 3.63) is 54.3 Å². The molecule has 0 atom stereocenters. The molecule has 0 heterocycles. The lowest BCUT2D eigenvalue weighted by molar-refractivity contribution is 0.439. The van der Waals surface area contributed by atoms with Gasteiger partial charge < -0.3 is 4.74 Å². The van der Waals surface area contributed by atoms with Gasteiger partial charge in [0.15, 0.2) is 0 Å². The molecule has 66 valence electrons. The Bertz CT molecular complexity index is 322. The Labute approximate surface area is 78.3 Å². The zero-order valence-corrected chi connectivity index (χ0v) is 7.44. The number of allylic oxidation sites excluding steroid dienone is 3. The summed E-state index contributed by atoms with van der Waals surface area (Å²) >= 11 is 0. The topological polar surface area (TPSA) is 9.23 Å². The third kappa shape index (κ3) is 2.22. The van der Waals surface area contributed by atoms with E-state index < -0.39 is 0 Å². The summed E-state index contributed by atoms with van der Waals surface area (Å²) in [7, 11) is 0. The largest absolute Gasteiger partial charge is 0.458 e. The summed E-state index contributed by atoms with van der Waals surface area (Å²) in [5, 5.41) is 0. The lowest BCUT2D eigenvalue weighted by Gasteiger charge is -2.08. The van der Waals surface area contributed by atoms with Crippen molar-refractivity contribution in [2.24, 2.45) is 0 Å². The van der Waals surface area contributed by atoms with E-state index in [-0.39, 0.29) is 0 Å². The van der Waals surface area contributed by atoms with Gasteiger partial charge in [-0.2, -0.15) is 0 Å². The van der Waals surface area contributed by atoms with Crippen LogP contribution in [0.15, 0.2) is 54.3 Å². The van der Waals surface area contributed by atoms with Gasteiger partial charge in [-0.15, -0.1) is 0 Å². The monoisotopic (exact) mass is 172 g/mol. The molecule has 0 spiro atoms. The first-order valence-electron chi connectivity index (χ1n) is 4.55. The molecule has 2 rings (SSSR count). The molecule has 1 aromatic rings. The Morgan fingerprint density at radius 2 is 1.85 bits per heavy atom. The van der Waals surface area contributed by atoms with Crippen LogP contribution in [0.4, 0.5) is 0 Å². The Morgan fingerprint density at radius 3 is 2.54 bits per heavy atom. The van der Waals surface area contributed by atoms with E-state index in [4.69, 9.17) is 4.74 Å². The van der Waals surface area contributed by atoms with Crippen molar-refractivity contribution in [2.45, 2.75) is 12.8 Å². The number of hydrogen-bond acceptors (Lipinski definition) is 1. The van der Waals surface area contributed by atoms with Gasteiger partial charge in [-0.3, -0.25) is 0 Å². The molecule has 0 aromatic heterocycles. The molecule has 0 fully saturated rings. The highest BCUT2D eigenvalue weighted by atomic mass is 16.5. The average molecular weight is 172 g/mol. The molecule has 0 unspecified atom stereocenters. The van der Waals surface area contributed by atoms with Crippen LogP contribution in [-0.2, 0) is 0 Å². The molecule has 0 N–H and O–H groups in total. The van der Waals surface area contributed by atoms with Crippen LogP contribution in [0.25, 0.3) is 0 Å². The number of para-hydroxylation sites is 1. The molecular weight excluding hydrogens is 160 g/mol. The number of rotatable bonds is 2. The zero-order chi connectivity index (χ0) is 8.93. The molecule has 1 heteroatoms. The molecular formula is C12H12O. The van der Waals surface area contributed by atoms with Crippen molar-refractivity contribution < 1.29 is 4.74 Å². The van der Waals surface area contributed by atoms with Gasteiger partial charge in [0.25, 0.3) is 0 Å². The van der Waals surface area contributed by atoms with E-state index in [9.17, 15) is 0 Å². The van der Waals surface area contributed by atoms with E-state index in [1.54, 1.807) is 0 Å². The minimum atomic E-state index is 0.903. The summed E-state index contributed by atoms with van der Waals surface area (Å²) < 4.78 is 5.63. The second-order valence-electron chi connectivity index (χ2n) is 3.00. The lowest BCUT2D eigenvalue weighted by Crippen LogP contribution is -1.94. The first-order valence-corrected chi connectivity index (χ1v) is 4.55. The first kappa shape index (κ1) is 8.11. The smallest absolute Gasteiger partial charge is 0.127 e. The fraction of sp³-hybridized carbons (Fsp3) is 0.167. The molecule has 0 saturated carbocycles. The summed E-state index contributed by atoms with van der Waals surface area (Å²) in [6, 6.07) is 9.86. The Balaban J connectivity index is 2.06. The van der Waals surface area contributed by atoms with Crippen LogP contribution in [0.2, 0.25) is 0 Å². The minimum absolute atomic E-state index is 0.903. The summed E-state index contributed by atoms with van der Waals surface area (Å²) in [5.74, 6) is 1.86. The highest BCUT2D eigenvalue weighted by Gasteiger charge is 1.98. The quantitative estimate of drug-likeness (QED) is 0.665. The van der Waals surface area contributed by atoms with E-state index in [1.165, 1.54) is 0 Å². The van der Waals surface area contributed by atoms with Crippen LogP contribution in [-0.4, -0.2) is 0 Å².